The van der Waals surface area contributed by atoms with Crippen molar-refractivity contribution in [1.29, 1.82) is 0 Å². The first-order valence-corrected chi connectivity index (χ1v) is 11.5. The first kappa shape index (κ1) is 26.7. The van der Waals surface area contributed by atoms with Crippen LogP contribution in [0, 0.1) is 0 Å². The fraction of sp³-hybridized carbons (Fsp3) is 0.875. The van der Waals surface area contributed by atoms with Crippen LogP contribution in [0.1, 0.15) is 59.8 Å². The van der Waals surface area contributed by atoms with Gasteiger partial charge in [-0.2, -0.15) is 16.8 Å². The van der Waals surface area contributed by atoms with Gasteiger partial charge in [0.25, 0.3) is 20.2 Å². The predicted molar refractivity (Wildman–Crippen MR) is 100 cm³/mol. The second-order valence-corrected chi connectivity index (χ2v) is 9.25. The van der Waals surface area contributed by atoms with Crippen LogP contribution in [0.3, 0.4) is 0 Å². The summed E-state index contributed by atoms with van der Waals surface area (Å²) in [6, 6.07) is 0. The number of hydrogen-bond donors (Lipinski definition) is 1. The Bertz CT molecular complexity index is 553. The Labute approximate surface area is 153 Å². The Hall–Kier alpha value is -0.480. The molecule has 9 heteroatoms. The summed E-state index contributed by atoms with van der Waals surface area (Å²) < 4.78 is 53.6. The molecule has 0 rings (SSSR count). The second kappa shape index (κ2) is 13.7. The molecule has 0 spiro atoms. The minimum absolute atomic E-state index is 0.372. The maximum absolute atomic E-state index is 11.3. The molecule has 0 saturated carbocycles. The van der Waals surface area contributed by atoms with E-state index in [0.29, 0.717) is 19.3 Å². The molecule has 7 nitrogen and oxygen atoms in total. The summed E-state index contributed by atoms with van der Waals surface area (Å²) in [7, 11) is -4.64. The van der Waals surface area contributed by atoms with Crippen LogP contribution in [0.5, 0.6) is 0 Å². The van der Waals surface area contributed by atoms with Crippen LogP contribution >= 0.6 is 0 Å². The van der Waals surface area contributed by atoms with Crippen LogP contribution in [0.2, 0.25) is 0 Å². The van der Waals surface area contributed by atoms with Gasteiger partial charge < -0.3 is 5.11 Å². The van der Waals surface area contributed by atoms with Gasteiger partial charge in [-0.05, 0) is 25.7 Å². The second-order valence-electron chi connectivity index (χ2n) is 5.40. The fourth-order valence-electron chi connectivity index (χ4n) is 2.12. The van der Waals surface area contributed by atoms with E-state index in [4.69, 9.17) is 0 Å². The molecule has 0 amide bonds. The van der Waals surface area contributed by atoms with E-state index in [1.807, 2.05) is 26.8 Å². The molecular weight excluding hydrogens is 368 g/mol. The van der Waals surface area contributed by atoms with Gasteiger partial charge in [-0.15, -0.1) is 0 Å². The highest BCUT2D eigenvalue weighted by Gasteiger charge is 2.30. The van der Waals surface area contributed by atoms with Crippen molar-refractivity contribution in [3.63, 3.8) is 0 Å². The molecule has 0 aromatic carbocycles. The van der Waals surface area contributed by atoms with E-state index in [9.17, 15) is 21.9 Å². The van der Waals surface area contributed by atoms with Crippen molar-refractivity contribution in [2.45, 2.75) is 76.4 Å². The molecule has 0 saturated heterocycles. The van der Waals surface area contributed by atoms with Gasteiger partial charge in [-0.3, -0.25) is 8.37 Å². The minimum Gasteiger partial charge on any atom is -0.392 e. The highest BCUT2D eigenvalue weighted by atomic mass is 32.2. The van der Waals surface area contributed by atoms with E-state index in [1.54, 1.807) is 13.0 Å². The summed E-state index contributed by atoms with van der Waals surface area (Å²) in [5, 5.41) is 8.22. The molecule has 0 bridgehead atoms. The molecule has 0 aliphatic heterocycles. The third-order valence-corrected chi connectivity index (χ3v) is 7.16. The minimum atomic E-state index is -3.58. The summed E-state index contributed by atoms with van der Waals surface area (Å²) in [6.45, 7) is 7.40. The third kappa shape index (κ3) is 10.3. The Balaban J connectivity index is 0. The molecular formula is C16H34O7S2. The molecule has 0 aliphatic rings. The summed E-state index contributed by atoms with van der Waals surface area (Å²) in [6.07, 6.45) is 5.71. The Morgan fingerprint density at radius 2 is 1.44 bits per heavy atom. The molecule has 0 fully saturated rings. The van der Waals surface area contributed by atoms with Gasteiger partial charge in [0, 0.05) is 0 Å². The maximum atomic E-state index is 11.3. The number of aliphatic hydroxyl groups excluding tert-OH is 1. The average molecular weight is 403 g/mol. The lowest BCUT2D eigenvalue weighted by atomic mass is 10.1. The van der Waals surface area contributed by atoms with Gasteiger partial charge in [-0.25, -0.2) is 0 Å². The number of allylic oxidation sites excluding steroid dienone is 1. The highest BCUT2D eigenvalue weighted by Crippen LogP contribution is 2.15. The monoisotopic (exact) mass is 402 g/mol. The molecule has 0 heterocycles. The van der Waals surface area contributed by atoms with Gasteiger partial charge >= 0.3 is 0 Å². The Morgan fingerprint density at radius 1 is 0.920 bits per heavy atom. The number of hydrogen-bond acceptors (Lipinski definition) is 7. The largest absolute Gasteiger partial charge is 0.392 e. The first-order chi connectivity index (χ1) is 11.6. The van der Waals surface area contributed by atoms with Crippen LogP contribution in [0.25, 0.3) is 0 Å². The van der Waals surface area contributed by atoms with E-state index in [0.717, 1.165) is 20.0 Å². The lowest BCUT2D eigenvalue weighted by molar-refractivity contribution is 0.150. The molecule has 25 heavy (non-hydrogen) atoms. The number of aliphatic hydroxyl groups is 1. The lowest BCUT2D eigenvalue weighted by Gasteiger charge is -2.19. The quantitative estimate of drug-likeness (QED) is 0.418. The van der Waals surface area contributed by atoms with Gasteiger partial charge in [0.05, 0.1) is 20.3 Å². The van der Waals surface area contributed by atoms with Crippen LogP contribution in [-0.4, -0.2) is 52.8 Å². The fourth-order valence-corrected chi connectivity index (χ4v) is 4.26. The van der Waals surface area contributed by atoms with E-state index >= 15 is 0 Å². The van der Waals surface area contributed by atoms with Crippen LogP contribution in [-0.2, 0) is 28.6 Å². The number of rotatable bonds is 11. The van der Waals surface area contributed by atoms with Gasteiger partial charge in [0.1, 0.15) is 10.5 Å². The highest BCUT2D eigenvalue weighted by molar-refractivity contribution is 7.87. The van der Waals surface area contributed by atoms with Gasteiger partial charge in [0.15, 0.2) is 0 Å². The van der Waals surface area contributed by atoms with Crippen LogP contribution in [0.4, 0.5) is 0 Å². The van der Waals surface area contributed by atoms with Crippen molar-refractivity contribution in [2.75, 3.05) is 14.2 Å². The standard InChI is InChI=1S/C8H18O4S.C8H16O3S/c1-4-6-7(9)8(5-2)13(10,11)12-3;1-4-6-7-8(5-2)12(9,10)11-3/h7-9H,4-6H2,1-3H3;6-8H,4-5H2,1-3H3/b;7-6+. The van der Waals surface area contributed by atoms with Crippen LogP contribution in [0.15, 0.2) is 12.2 Å². The SMILES string of the molecule is CC/C=C/C(CC)S(=O)(=O)OC.CCCC(O)C(CC)S(=O)(=O)OC. The van der Waals surface area contributed by atoms with Gasteiger partial charge in [0.2, 0.25) is 0 Å². The molecule has 3 atom stereocenters. The van der Waals surface area contributed by atoms with Crippen molar-refractivity contribution < 1.29 is 30.3 Å². The molecule has 152 valence electrons. The van der Waals surface area contributed by atoms with E-state index in [1.165, 1.54) is 7.11 Å². The Morgan fingerprint density at radius 3 is 1.76 bits per heavy atom. The predicted octanol–water partition coefficient (Wildman–Crippen LogP) is 2.61. The van der Waals surface area contributed by atoms with Gasteiger partial charge in [-0.1, -0.05) is 46.3 Å². The zero-order valence-electron chi connectivity index (χ0n) is 16.1. The van der Waals surface area contributed by atoms with E-state index < -0.39 is 36.8 Å². The molecule has 0 radical (unpaired) electrons. The molecule has 0 aromatic heterocycles. The zero-order valence-corrected chi connectivity index (χ0v) is 17.8. The van der Waals surface area contributed by atoms with Crippen molar-refractivity contribution in [1.82, 2.24) is 0 Å². The van der Waals surface area contributed by atoms with Crippen LogP contribution < -0.4 is 0 Å². The van der Waals surface area contributed by atoms with Crippen molar-refractivity contribution in [3.8, 4) is 0 Å². The van der Waals surface area contributed by atoms with Crippen molar-refractivity contribution in [3.05, 3.63) is 12.2 Å². The maximum Gasteiger partial charge on any atom is 0.273 e. The summed E-state index contributed by atoms with van der Waals surface area (Å²) in [5.41, 5.74) is 0. The average Bonchev–Trinajstić information content (AvgIpc) is 2.56. The van der Waals surface area contributed by atoms with E-state index in [2.05, 4.69) is 8.37 Å². The smallest absolute Gasteiger partial charge is 0.273 e. The third-order valence-electron chi connectivity index (χ3n) is 3.61. The molecule has 1 N–H and O–H groups in total. The molecule has 3 unspecified atom stereocenters. The van der Waals surface area contributed by atoms with Crippen molar-refractivity contribution >= 4 is 20.2 Å². The zero-order chi connectivity index (χ0) is 20.1. The Kier molecular flexibility index (Phi) is 14.6. The summed E-state index contributed by atoms with van der Waals surface area (Å²) in [4.78, 5) is 0. The van der Waals surface area contributed by atoms with Crippen molar-refractivity contribution in [2.24, 2.45) is 0 Å². The normalized spacial score (nSPS) is 16.1. The van der Waals surface area contributed by atoms with E-state index in [-0.39, 0.29) is 0 Å². The summed E-state index contributed by atoms with van der Waals surface area (Å²) >= 11 is 0. The topological polar surface area (TPSA) is 107 Å². The summed E-state index contributed by atoms with van der Waals surface area (Å²) in [5.74, 6) is 0. The lowest BCUT2D eigenvalue weighted by Crippen LogP contribution is -2.34. The molecule has 0 aromatic rings. The molecule has 0 aliphatic carbocycles. The first-order valence-electron chi connectivity index (χ1n) is 8.51.